The van der Waals surface area contributed by atoms with Crippen LogP contribution in [0.15, 0.2) is 85.2 Å². The summed E-state index contributed by atoms with van der Waals surface area (Å²) >= 11 is 0. The highest BCUT2D eigenvalue weighted by Gasteiger charge is 2.32. The van der Waals surface area contributed by atoms with Crippen LogP contribution < -0.4 is 25.8 Å². The van der Waals surface area contributed by atoms with Crippen molar-refractivity contribution in [1.29, 1.82) is 0 Å². The monoisotopic (exact) mass is 931 g/mol. The topological polar surface area (TPSA) is 181 Å². The van der Waals surface area contributed by atoms with Crippen LogP contribution in [0.1, 0.15) is 125 Å². The Balaban J connectivity index is 0.000000175. The van der Waals surface area contributed by atoms with Crippen LogP contribution >= 0.6 is 0 Å². The van der Waals surface area contributed by atoms with Gasteiger partial charge in [0.2, 0.25) is 11.9 Å². The van der Waals surface area contributed by atoms with Crippen molar-refractivity contribution >= 4 is 51.2 Å². The summed E-state index contributed by atoms with van der Waals surface area (Å²) in [4.78, 5) is 56.2. The van der Waals surface area contributed by atoms with Crippen molar-refractivity contribution in [3.05, 3.63) is 96.3 Å². The largest absolute Gasteiger partial charge is 0.496 e. The van der Waals surface area contributed by atoms with E-state index in [1.165, 1.54) is 12.8 Å². The first-order valence-electron chi connectivity index (χ1n) is 24.8. The lowest BCUT2D eigenvalue weighted by Crippen LogP contribution is -2.35. The molecule has 360 valence electrons. The molecule has 4 saturated carbocycles. The molecule has 6 aromatic rings. The zero-order chi connectivity index (χ0) is 48.2. The Morgan fingerprint density at radius 2 is 1.10 bits per heavy atom. The first kappa shape index (κ1) is 47.6. The van der Waals surface area contributed by atoms with E-state index in [1.54, 1.807) is 14.2 Å². The molecule has 0 bridgehead atoms. The molecule has 0 radical (unpaired) electrons. The quantitative estimate of drug-likeness (QED) is 0.0617. The van der Waals surface area contributed by atoms with Gasteiger partial charge in [0, 0.05) is 76.4 Å². The zero-order valence-corrected chi connectivity index (χ0v) is 40.6. The SMILES string of the molecule is COc1ccc(C(=O)CC2CC2)cc1-c1ccc2nc(N[C@@H]3CCC[C@@H]3CC(=O)OC(C)(C)C)ncc2c1.COc1ccc(C(=O)CC2CC2)cc1-c1ccc2nc(N[C@@H]3CCC[C@@H]3N)ncc2c1. The molecule has 4 aliphatic rings. The molecule has 0 saturated heterocycles. The number of nitrogens with zero attached hydrogens (tertiary/aromatic N) is 4. The maximum absolute atomic E-state index is 12.7. The van der Waals surface area contributed by atoms with Crippen LogP contribution in [-0.2, 0) is 9.53 Å². The number of Topliss-reactive ketones (excluding diaryl/α,β-unsaturated/α-hetero) is 2. The van der Waals surface area contributed by atoms with Crippen LogP contribution in [0.4, 0.5) is 11.9 Å². The molecule has 69 heavy (non-hydrogen) atoms. The van der Waals surface area contributed by atoms with Crippen molar-refractivity contribution in [2.45, 2.75) is 128 Å². The fraction of sp³-hybridized carbons (Fsp3) is 0.446. The third kappa shape index (κ3) is 12.0. The molecule has 13 nitrogen and oxygen atoms in total. The number of ether oxygens (including phenoxy) is 3. The zero-order valence-electron chi connectivity index (χ0n) is 40.6. The van der Waals surface area contributed by atoms with E-state index in [9.17, 15) is 14.4 Å². The van der Waals surface area contributed by atoms with E-state index in [-0.39, 0.29) is 41.6 Å². The van der Waals surface area contributed by atoms with Crippen LogP contribution in [-0.4, -0.2) is 75.4 Å². The maximum Gasteiger partial charge on any atom is 0.306 e. The normalized spacial score (nSPS) is 20.0. The highest BCUT2D eigenvalue weighted by molar-refractivity contribution is 5.99. The number of nitrogens with one attached hydrogen (secondary N) is 2. The summed E-state index contributed by atoms with van der Waals surface area (Å²) < 4.78 is 16.7. The Morgan fingerprint density at radius 1 is 0.609 bits per heavy atom. The number of carbonyl (C=O) groups excluding carboxylic acids is 3. The minimum atomic E-state index is -0.476. The van der Waals surface area contributed by atoms with E-state index < -0.39 is 5.60 Å². The Bertz CT molecular complexity index is 2850. The van der Waals surface area contributed by atoms with Crippen LogP contribution in [0.5, 0.6) is 11.5 Å². The van der Waals surface area contributed by atoms with E-state index >= 15 is 0 Å². The summed E-state index contributed by atoms with van der Waals surface area (Å²) in [5.74, 6) is 4.21. The second-order valence-electron chi connectivity index (χ2n) is 20.5. The van der Waals surface area contributed by atoms with Gasteiger partial charge in [-0.05, 0) is 168 Å². The third-order valence-corrected chi connectivity index (χ3v) is 13.9. The number of ketones is 2. The van der Waals surface area contributed by atoms with E-state index in [0.717, 1.165) is 118 Å². The number of carbonyl (C=O) groups is 3. The number of aromatic nitrogens is 4. The maximum atomic E-state index is 12.7. The van der Waals surface area contributed by atoms with Gasteiger partial charge in [-0.3, -0.25) is 14.4 Å². The summed E-state index contributed by atoms with van der Waals surface area (Å²) in [7, 11) is 3.30. The molecule has 4 N–H and O–H groups in total. The highest BCUT2D eigenvalue weighted by Crippen LogP contribution is 2.39. The number of anilines is 2. The van der Waals surface area contributed by atoms with E-state index in [2.05, 4.69) is 25.6 Å². The molecular weight excluding hydrogens is 867 g/mol. The minimum absolute atomic E-state index is 0.138. The van der Waals surface area contributed by atoms with Crippen molar-refractivity contribution in [3.63, 3.8) is 0 Å². The summed E-state index contributed by atoms with van der Waals surface area (Å²) in [5, 5.41) is 8.70. The molecule has 4 aliphatic carbocycles. The first-order chi connectivity index (χ1) is 33.3. The van der Waals surface area contributed by atoms with Gasteiger partial charge in [0.15, 0.2) is 11.6 Å². The van der Waals surface area contributed by atoms with Crippen molar-refractivity contribution in [2.24, 2.45) is 23.5 Å². The average Bonchev–Trinajstić information content (AvgIpc) is 4.27. The van der Waals surface area contributed by atoms with Crippen LogP contribution in [0, 0.1) is 17.8 Å². The molecule has 4 atom stereocenters. The molecule has 2 aromatic heterocycles. The number of rotatable bonds is 16. The summed E-state index contributed by atoms with van der Waals surface area (Å²) in [5.41, 5.74) is 12.6. The van der Waals surface area contributed by atoms with E-state index in [1.807, 2.05) is 106 Å². The Morgan fingerprint density at radius 3 is 1.57 bits per heavy atom. The third-order valence-electron chi connectivity index (χ3n) is 13.9. The molecule has 0 aliphatic heterocycles. The van der Waals surface area contributed by atoms with Gasteiger partial charge >= 0.3 is 5.97 Å². The molecule has 4 aromatic carbocycles. The number of nitrogens with two attached hydrogens (primary N) is 1. The number of methoxy groups -OCH3 is 2. The number of benzene rings is 4. The smallest absolute Gasteiger partial charge is 0.306 e. The van der Waals surface area contributed by atoms with Gasteiger partial charge in [0.1, 0.15) is 17.1 Å². The molecule has 2 heterocycles. The average molecular weight is 932 g/mol. The number of hydrogen-bond acceptors (Lipinski definition) is 13. The fourth-order valence-corrected chi connectivity index (χ4v) is 9.73. The lowest BCUT2D eigenvalue weighted by atomic mass is 9.97. The predicted octanol–water partition coefficient (Wildman–Crippen LogP) is 11.2. The van der Waals surface area contributed by atoms with Gasteiger partial charge in [-0.25, -0.2) is 19.9 Å². The number of hydrogen-bond donors (Lipinski definition) is 3. The molecule has 10 rings (SSSR count). The minimum Gasteiger partial charge on any atom is -0.496 e. The van der Waals surface area contributed by atoms with Crippen molar-refractivity contribution in [2.75, 3.05) is 24.9 Å². The molecule has 0 amide bonds. The van der Waals surface area contributed by atoms with Crippen molar-refractivity contribution in [3.8, 4) is 33.8 Å². The van der Waals surface area contributed by atoms with E-state index in [0.29, 0.717) is 43.0 Å². The van der Waals surface area contributed by atoms with E-state index in [4.69, 9.17) is 24.9 Å². The van der Waals surface area contributed by atoms with Crippen LogP contribution in [0.25, 0.3) is 44.1 Å². The van der Waals surface area contributed by atoms with Crippen LogP contribution in [0.2, 0.25) is 0 Å². The number of esters is 1. The summed E-state index contributed by atoms with van der Waals surface area (Å²) in [6.07, 6.45) is 16.2. The van der Waals surface area contributed by atoms with Crippen molar-refractivity contribution < 1.29 is 28.6 Å². The second kappa shape index (κ2) is 20.6. The lowest BCUT2D eigenvalue weighted by Gasteiger charge is -2.24. The molecule has 4 fully saturated rings. The predicted molar refractivity (Wildman–Crippen MR) is 271 cm³/mol. The summed E-state index contributed by atoms with van der Waals surface area (Å²) in [6.45, 7) is 5.68. The van der Waals surface area contributed by atoms with Gasteiger partial charge in [0.05, 0.1) is 31.7 Å². The van der Waals surface area contributed by atoms with Crippen LogP contribution in [0.3, 0.4) is 0 Å². The van der Waals surface area contributed by atoms with Gasteiger partial charge in [-0.1, -0.05) is 18.6 Å². The Hall–Kier alpha value is -6.47. The fourth-order valence-electron chi connectivity index (χ4n) is 9.73. The number of fused-ring (bicyclic) bond motifs is 2. The van der Waals surface area contributed by atoms with Crippen molar-refractivity contribution in [1.82, 2.24) is 19.9 Å². The lowest BCUT2D eigenvalue weighted by molar-refractivity contribution is -0.156. The standard InChI is InChI=1S/C31H37N3O4.C25H28N4O2/c1-31(2,3)38-29(36)17-21-6-5-7-25(21)33-30-32-18-23-15-20(10-12-26(23)34-30)24-16-22(11-13-28(24)37-4)27(35)14-19-8-9-19;1-31-24-10-8-17(23(30)11-15-5-6-15)13-19(24)16-7-9-21-18(12-16)14-27-25(28-21)29-22-4-2-3-20(22)26/h10-13,15-16,18-19,21,25H,5-9,14,17H2,1-4H3,(H,32,33,34);7-10,12-15,20,22H,2-6,11,26H2,1H3,(H,27,28,29)/t21-,25-;20-,22+/m10/s1. The first-order valence-corrected chi connectivity index (χ1v) is 24.8. The van der Waals surface area contributed by atoms with Gasteiger partial charge in [-0.15, -0.1) is 0 Å². The molecular formula is C56H65N7O6. The molecule has 0 unspecified atom stereocenters. The summed E-state index contributed by atoms with van der Waals surface area (Å²) in [6, 6.07) is 24.0. The van der Waals surface area contributed by atoms with Gasteiger partial charge < -0.3 is 30.6 Å². The molecule has 0 spiro atoms. The van der Waals surface area contributed by atoms with Gasteiger partial charge in [0.25, 0.3) is 0 Å². The Kier molecular flexibility index (Phi) is 14.2. The second-order valence-corrected chi connectivity index (χ2v) is 20.5. The Labute approximate surface area is 404 Å². The van der Waals surface area contributed by atoms with Gasteiger partial charge in [-0.2, -0.15) is 0 Å². The molecule has 13 heteroatoms. The highest BCUT2D eigenvalue weighted by atomic mass is 16.6.